The summed E-state index contributed by atoms with van der Waals surface area (Å²) in [5, 5.41) is 13.8. The first-order valence-corrected chi connectivity index (χ1v) is 15.4. The first-order chi connectivity index (χ1) is 19.6. The van der Waals surface area contributed by atoms with E-state index in [1.165, 1.54) is 6.07 Å². The molecule has 1 fully saturated rings. The van der Waals surface area contributed by atoms with Gasteiger partial charge in [0.15, 0.2) is 0 Å². The first kappa shape index (κ1) is 32.2. The van der Waals surface area contributed by atoms with E-state index in [1.54, 1.807) is 30.9 Å². The van der Waals surface area contributed by atoms with Gasteiger partial charge in [-0.05, 0) is 71.4 Å². The van der Waals surface area contributed by atoms with Gasteiger partial charge in [-0.15, -0.1) is 0 Å². The Bertz CT molecular complexity index is 1280. The van der Waals surface area contributed by atoms with E-state index < -0.39 is 11.9 Å². The molecule has 0 aliphatic carbocycles. The third-order valence-corrected chi connectivity index (χ3v) is 8.21. The lowest BCUT2D eigenvalue weighted by Gasteiger charge is -2.23. The molecule has 3 atom stereocenters. The molecule has 11 nitrogen and oxygen atoms in total. The zero-order valence-electron chi connectivity index (χ0n) is 23.3. The van der Waals surface area contributed by atoms with Crippen LogP contribution in [0.4, 0.5) is 10.5 Å². The fourth-order valence-corrected chi connectivity index (χ4v) is 5.56. The molecule has 1 aliphatic rings. The predicted molar refractivity (Wildman–Crippen MR) is 164 cm³/mol. The summed E-state index contributed by atoms with van der Waals surface area (Å²) in [6, 6.07) is 11.7. The van der Waals surface area contributed by atoms with Gasteiger partial charge in [0.05, 0.1) is 12.6 Å². The van der Waals surface area contributed by atoms with Crippen molar-refractivity contribution in [2.45, 2.75) is 39.4 Å². The molecular weight excluding hydrogens is 611 g/mol. The number of carbonyl (C=O) groups is 5. The molecule has 41 heavy (non-hydrogen) atoms. The van der Waals surface area contributed by atoms with Crippen LogP contribution in [0.15, 0.2) is 46.9 Å². The van der Waals surface area contributed by atoms with Crippen LogP contribution in [-0.4, -0.2) is 73.7 Å². The Morgan fingerprint density at radius 3 is 2.24 bits per heavy atom. The van der Waals surface area contributed by atoms with Gasteiger partial charge in [0.2, 0.25) is 17.5 Å². The van der Waals surface area contributed by atoms with E-state index in [0.29, 0.717) is 25.3 Å². The molecule has 0 aromatic heterocycles. The normalized spacial score (nSPS) is 15.9. The Morgan fingerprint density at radius 1 is 0.976 bits per heavy atom. The van der Waals surface area contributed by atoms with E-state index in [9.17, 15) is 24.0 Å². The minimum absolute atomic E-state index is 0.0279. The van der Waals surface area contributed by atoms with Crippen LogP contribution in [0, 0.1) is 0 Å². The highest BCUT2D eigenvalue weighted by molar-refractivity contribution is 9.10. The predicted octanol–water partition coefficient (Wildman–Crippen LogP) is 2.35. The summed E-state index contributed by atoms with van der Waals surface area (Å²) in [7, 11) is 0.144. The molecule has 1 heterocycles. The molecule has 1 aliphatic heterocycles. The van der Waals surface area contributed by atoms with Crippen molar-refractivity contribution in [3.05, 3.63) is 63.6 Å². The van der Waals surface area contributed by atoms with E-state index >= 15 is 0 Å². The van der Waals surface area contributed by atoms with Crippen molar-refractivity contribution in [3.8, 4) is 0 Å². The minimum Gasteiger partial charge on any atom is -0.355 e. The number of carbonyl (C=O) groups excluding carboxylic acids is 5. The molecule has 3 rings (SSSR count). The molecule has 1 saturated heterocycles. The lowest BCUT2D eigenvalue weighted by atomic mass is 10.1. The number of nitrogens with zero attached hydrogens (tertiary/aromatic N) is 1. The molecule has 5 N–H and O–H groups in total. The van der Waals surface area contributed by atoms with Crippen molar-refractivity contribution >= 4 is 59.5 Å². The second-order valence-corrected chi connectivity index (χ2v) is 11.7. The number of rotatable bonds is 13. The third-order valence-electron chi connectivity index (χ3n) is 6.35. The average molecular weight is 648 g/mol. The summed E-state index contributed by atoms with van der Waals surface area (Å²) in [6.45, 7) is 6.58. The van der Waals surface area contributed by atoms with Gasteiger partial charge in [-0.1, -0.05) is 28.1 Å². The highest BCUT2D eigenvalue weighted by Gasteiger charge is 2.30. The number of hydrogen-bond donors (Lipinski definition) is 5. The smallest absolute Gasteiger partial charge is 0.251 e. The van der Waals surface area contributed by atoms with Crippen LogP contribution in [0.5, 0.6) is 0 Å². The van der Waals surface area contributed by atoms with Crippen molar-refractivity contribution in [1.82, 2.24) is 26.6 Å². The van der Waals surface area contributed by atoms with Gasteiger partial charge in [-0.25, -0.2) is 0 Å². The maximum atomic E-state index is 13.1. The van der Waals surface area contributed by atoms with Crippen molar-refractivity contribution < 1.29 is 24.0 Å². The molecule has 0 saturated carbocycles. The number of amides is 5. The molecule has 0 radical (unpaired) electrons. The van der Waals surface area contributed by atoms with Crippen molar-refractivity contribution in [2.75, 3.05) is 37.2 Å². The molecular formula is C28H36BrN6O5P. The zero-order chi connectivity index (χ0) is 29.9. The lowest BCUT2D eigenvalue weighted by molar-refractivity contribution is -0.127. The van der Waals surface area contributed by atoms with Gasteiger partial charge < -0.3 is 31.5 Å². The highest BCUT2D eigenvalue weighted by Crippen LogP contribution is 2.34. The topological polar surface area (TPSA) is 149 Å². The molecule has 3 unspecified atom stereocenters. The second-order valence-electron chi connectivity index (χ2n) is 9.59. The summed E-state index contributed by atoms with van der Waals surface area (Å²) < 4.78 is 0.936. The Morgan fingerprint density at radius 2 is 1.63 bits per heavy atom. The molecule has 0 bridgehead atoms. The van der Waals surface area contributed by atoms with Crippen molar-refractivity contribution in [1.29, 1.82) is 0 Å². The van der Waals surface area contributed by atoms with Gasteiger partial charge in [0, 0.05) is 53.5 Å². The van der Waals surface area contributed by atoms with Crippen LogP contribution in [0.2, 0.25) is 0 Å². The number of benzene rings is 2. The molecule has 13 heteroatoms. The fraction of sp³-hybridized carbons (Fsp3) is 0.393. The molecule has 0 spiro atoms. The number of nitrogens with one attached hydrogen (secondary N) is 5. The zero-order valence-corrected chi connectivity index (χ0v) is 25.9. The lowest BCUT2D eigenvalue weighted by Crippen LogP contribution is -2.47. The monoisotopic (exact) mass is 646 g/mol. The molecule has 2 aromatic rings. The Balaban J connectivity index is 1.63. The van der Waals surface area contributed by atoms with Gasteiger partial charge >= 0.3 is 0 Å². The largest absolute Gasteiger partial charge is 0.355 e. The van der Waals surface area contributed by atoms with E-state index in [1.807, 2.05) is 31.2 Å². The summed E-state index contributed by atoms with van der Waals surface area (Å²) in [6.07, 6.45) is 0.723. The van der Waals surface area contributed by atoms with Gasteiger partial charge in [-0.2, -0.15) is 0 Å². The number of hydrogen-bond acceptors (Lipinski definition) is 6. The van der Waals surface area contributed by atoms with Gasteiger partial charge in [0.1, 0.15) is 0 Å². The quantitative estimate of drug-likeness (QED) is 0.167. The van der Waals surface area contributed by atoms with Crippen molar-refractivity contribution in [2.24, 2.45) is 0 Å². The summed E-state index contributed by atoms with van der Waals surface area (Å²) in [4.78, 5) is 64.1. The summed E-state index contributed by atoms with van der Waals surface area (Å²) in [5.74, 6) is -1.38. The van der Waals surface area contributed by atoms with Crippen LogP contribution in [0.25, 0.3) is 0 Å². The van der Waals surface area contributed by atoms with Crippen LogP contribution in [0.1, 0.15) is 47.1 Å². The summed E-state index contributed by atoms with van der Waals surface area (Å²) in [5.41, 5.74) is 1.92. The van der Waals surface area contributed by atoms with Crippen LogP contribution < -0.4 is 31.5 Å². The number of halogens is 1. The van der Waals surface area contributed by atoms with E-state index in [2.05, 4.69) is 42.5 Å². The highest BCUT2D eigenvalue weighted by atomic mass is 79.9. The van der Waals surface area contributed by atoms with Crippen LogP contribution in [-0.2, 0) is 16.1 Å². The minimum atomic E-state index is -0.575. The van der Waals surface area contributed by atoms with Crippen LogP contribution in [0.3, 0.4) is 0 Å². The average Bonchev–Trinajstić information content (AvgIpc) is 3.30. The van der Waals surface area contributed by atoms with E-state index in [4.69, 9.17) is 0 Å². The first-order valence-electron chi connectivity index (χ1n) is 13.4. The fourth-order valence-electron chi connectivity index (χ4n) is 4.12. The van der Waals surface area contributed by atoms with Gasteiger partial charge in [-0.3, -0.25) is 24.0 Å². The van der Waals surface area contributed by atoms with E-state index in [-0.39, 0.29) is 62.2 Å². The SMILES string of the molecule is CCNC(=O)CNC(=O)C(C)NCCNC(=O)c1cc(C(=O)NCc2ccc(Br)cc2)cc(N2C(=O)PCC2C)c1. The third kappa shape index (κ3) is 9.62. The molecule has 5 amide bonds. The maximum absolute atomic E-state index is 13.1. The van der Waals surface area contributed by atoms with Crippen molar-refractivity contribution in [3.63, 3.8) is 0 Å². The molecule has 2 aromatic carbocycles. The summed E-state index contributed by atoms with van der Waals surface area (Å²) >= 11 is 3.39. The Kier molecular flexibility index (Phi) is 12.2. The Hall–Kier alpha value is -3.34. The van der Waals surface area contributed by atoms with Crippen LogP contribution >= 0.6 is 24.5 Å². The molecule has 220 valence electrons. The van der Waals surface area contributed by atoms with E-state index in [0.717, 1.165) is 16.2 Å². The Labute approximate surface area is 249 Å². The second kappa shape index (κ2) is 15.6. The number of likely N-dealkylation sites (N-methyl/N-ethyl adjacent to an activating group) is 1. The van der Waals surface area contributed by atoms with Gasteiger partial charge in [0.25, 0.3) is 11.8 Å². The number of anilines is 1. The standard InChI is InChI=1S/C28H36BrN6O5P/c1-4-30-24(36)15-34-25(37)18(3)31-9-10-32-26(38)20-11-21(13-23(12-20)35-17(2)16-41-28(35)40)27(39)33-14-19-5-7-22(29)8-6-19/h5-8,11-13,17-18,31,41H,4,9-10,14-16H2,1-3H3,(H,30,36)(H,32,38)(H,33,39)(H,34,37). The maximum Gasteiger partial charge on any atom is 0.251 e.